The number of hydrogen-bond acceptors (Lipinski definition) is 8. The van der Waals surface area contributed by atoms with E-state index in [1.165, 1.54) is 36.8 Å². The van der Waals surface area contributed by atoms with Crippen molar-refractivity contribution in [3.63, 3.8) is 0 Å². The van der Waals surface area contributed by atoms with Gasteiger partial charge in [-0.2, -0.15) is 9.37 Å². The molecule has 11 heteroatoms. The highest BCUT2D eigenvalue weighted by molar-refractivity contribution is 5.69. The molecule has 8 nitrogen and oxygen atoms in total. The molecule has 1 atom stereocenters. The minimum atomic E-state index is -1.32. The fourth-order valence-electron chi connectivity index (χ4n) is 3.83. The van der Waals surface area contributed by atoms with Crippen LogP contribution in [0.2, 0.25) is 0 Å². The van der Waals surface area contributed by atoms with E-state index in [9.17, 15) is 18.3 Å². The molecule has 0 saturated heterocycles. The Morgan fingerprint density at radius 1 is 0.889 bits per heavy atom. The topological polar surface area (TPSA) is 108 Å². The first-order valence-corrected chi connectivity index (χ1v) is 11.3. The quantitative estimate of drug-likeness (QED) is 0.262. The van der Waals surface area contributed by atoms with Gasteiger partial charge in [0.15, 0.2) is 6.23 Å². The molecular weight excluding hydrogens is 471 g/mol. The molecular formula is C25H22F3N7O. The molecule has 0 aliphatic carbocycles. The van der Waals surface area contributed by atoms with Gasteiger partial charge in [0.05, 0.1) is 11.4 Å². The monoisotopic (exact) mass is 493 g/mol. The average Bonchev–Trinajstić information content (AvgIpc) is 2.86. The summed E-state index contributed by atoms with van der Waals surface area (Å²) in [4.78, 5) is 16.4. The second-order valence-electron chi connectivity index (χ2n) is 8.40. The predicted octanol–water partition coefficient (Wildman–Crippen LogP) is 4.67. The minimum absolute atomic E-state index is 0.0453. The van der Waals surface area contributed by atoms with E-state index in [-0.39, 0.29) is 23.0 Å². The number of rotatable bonds is 0. The van der Waals surface area contributed by atoms with E-state index >= 15 is 0 Å². The summed E-state index contributed by atoms with van der Waals surface area (Å²) in [6.45, 7) is 2.13. The number of aliphatic hydroxyl groups is 1. The zero-order valence-corrected chi connectivity index (χ0v) is 19.2. The Kier molecular flexibility index (Phi) is 6.49. The summed E-state index contributed by atoms with van der Waals surface area (Å²) in [6, 6.07) is 7.33. The molecule has 5 heterocycles. The number of aryl methyl sites for hydroxylation is 2. The van der Waals surface area contributed by atoms with Gasteiger partial charge in [-0.25, -0.2) is 18.7 Å². The third kappa shape index (κ3) is 4.97. The molecule has 1 unspecified atom stereocenters. The highest BCUT2D eigenvalue weighted by Crippen LogP contribution is 2.28. The fourth-order valence-corrected chi connectivity index (χ4v) is 3.83. The standard InChI is InChI=1S/C25H22F3N7O/c1-13-10-32-25-34-20-9-16(12-31-22(20)28)15-8-18(27)21(30-11-15)24(36)29-6-2-3-14-4-5-17(26)19(7-14)33-23(13)35-25/h4-5,7-12,24,29,36H,2-3,6H2,1H3,(H2,32,33,34,35). The lowest BCUT2D eigenvalue weighted by molar-refractivity contribution is 0.130. The number of hydrogen-bond donors (Lipinski definition) is 4. The van der Waals surface area contributed by atoms with Gasteiger partial charge in [-0.05, 0) is 56.1 Å². The average molecular weight is 493 g/mol. The highest BCUT2D eigenvalue weighted by atomic mass is 19.1. The summed E-state index contributed by atoms with van der Waals surface area (Å²) >= 11 is 0. The van der Waals surface area contributed by atoms with Gasteiger partial charge >= 0.3 is 0 Å². The smallest absolute Gasteiger partial charge is 0.236 e. The zero-order chi connectivity index (χ0) is 25.2. The Hall–Kier alpha value is -4.09. The lowest BCUT2D eigenvalue weighted by Gasteiger charge is -2.15. The van der Waals surface area contributed by atoms with Crippen molar-refractivity contribution >= 4 is 23.1 Å². The molecule has 0 amide bonds. The van der Waals surface area contributed by atoms with Crippen LogP contribution in [0.15, 0.2) is 48.9 Å². The molecule has 4 N–H and O–H groups in total. The van der Waals surface area contributed by atoms with E-state index in [1.807, 2.05) is 0 Å². The van der Waals surface area contributed by atoms with Crippen molar-refractivity contribution in [2.24, 2.45) is 0 Å². The third-order valence-electron chi connectivity index (χ3n) is 5.78. The van der Waals surface area contributed by atoms with Crippen molar-refractivity contribution in [1.82, 2.24) is 25.3 Å². The molecule has 0 saturated carbocycles. The molecule has 36 heavy (non-hydrogen) atoms. The van der Waals surface area contributed by atoms with Crippen molar-refractivity contribution in [2.75, 3.05) is 17.2 Å². The van der Waals surface area contributed by atoms with E-state index in [2.05, 4.69) is 35.9 Å². The van der Waals surface area contributed by atoms with Gasteiger partial charge in [-0.3, -0.25) is 10.3 Å². The first-order chi connectivity index (χ1) is 17.4. The van der Waals surface area contributed by atoms with Crippen LogP contribution < -0.4 is 16.0 Å². The van der Waals surface area contributed by atoms with Gasteiger partial charge in [-0.1, -0.05) is 6.07 Å². The van der Waals surface area contributed by atoms with Gasteiger partial charge in [0.2, 0.25) is 11.9 Å². The SMILES string of the molecule is Cc1cnc2nc1Nc1cc(ccc1F)CCCNC(O)c1ncc(cc1F)-c1cnc(F)c(c1)N2. The van der Waals surface area contributed by atoms with Crippen LogP contribution >= 0.6 is 0 Å². The molecule has 0 fully saturated rings. The molecule has 0 radical (unpaired) electrons. The van der Waals surface area contributed by atoms with Gasteiger partial charge in [0.25, 0.3) is 0 Å². The Morgan fingerprint density at radius 3 is 2.53 bits per heavy atom. The van der Waals surface area contributed by atoms with Crippen molar-refractivity contribution in [3.8, 4) is 11.1 Å². The zero-order valence-electron chi connectivity index (χ0n) is 19.2. The molecule has 2 aliphatic rings. The molecule has 8 bridgehead atoms. The Morgan fingerprint density at radius 2 is 1.69 bits per heavy atom. The van der Waals surface area contributed by atoms with Crippen LogP contribution in [0.4, 0.5) is 36.3 Å². The van der Waals surface area contributed by atoms with Crippen LogP contribution in [0, 0.1) is 24.5 Å². The summed E-state index contributed by atoms with van der Waals surface area (Å²) < 4.78 is 43.8. The Balaban J connectivity index is 1.58. The molecule has 4 aromatic rings. The van der Waals surface area contributed by atoms with Crippen LogP contribution in [-0.4, -0.2) is 31.6 Å². The first kappa shape index (κ1) is 23.6. The van der Waals surface area contributed by atoms with Crippen LogP contribution in [0.3, 0.4) is 0 Å². The number of halogens is 3. The number of benzene rings is 1. The lowest BCUT2D eigenvalue weighted by atomic mass is 10.1. The van der Waals surface area contributed by atoms with E-state index in [0.717, 1.165) is 5.56 Å². The number of nitrogens with zero attached hydrogens (tertiary/aromatic N) is 4. The number of pyridine rings is 2. The second kappa shape index (κ2) is 9.88. The maximum absolute atomic E-state index is 14.8. The number of aliphatic hydroxyl groups excluding tert-OH is 1. The summed E-state index contributed by atoms with van der Waals surface area (Å²) in [5, 5.41) is 19.0. The number of nitrogens with one attached hydrogen (secondary N) is 3. The second-order valence-corrected chi connectivity index (χ2v) is 8.40. The number of fused-ring (bicyclic) bond motifs is 6. The fraction of sp³-hybridized carbons (Fsp3) is 0.200. The molecule has 3 aromatic heterocycles. The van der Waals surface area contributed by atoms with E-state index in [4.69, 9.17) is 0 Å². The summed E-state index contributed by atoms with van der Waals surface area (Å²) in [7, 11) is 0. The number of anilines is 4. The molecule has 2 aliphatic heterocycles. The van der Waals surface area contributed by atoms with Crippen molar-refractivity contribution < 1.29 is 18.3 Å². The third-order valence-corrected chi connectivity index (χ3v) is 5.78. The van der Waals surface area contributed by atoms with Crippen LogP contribution in [0.1, 0.15) is 29.5 Å². The summed E-state index contributed by atoms with van der Waals surface area (Å²) in [5.74, 6) is -1.60. The lowest BCUT2D eigenvalue weighted by Crippen LogP contribution is -2.24. The molecule has 1 aromatic carbocycles. The predicted molar refractivity (Wildman–Crippen MR) is 128 cm³/mol. The largest absolute Gasteiger partial charge is 0.373 e. The molecule has 0 spiro atoms. The normalized spacial score (nSPS) is 15.6. The van der Waals surface area contributed by atoms with Crippen molar-refractivity contribution in [2.45, 2.75) is 26.0 Å². The maximum Gasteiger partial charge on any atom is 0.236 e. The highest BCUT2D eigenvalue weighted by Gasteiger charge is 2.17. The Bertz CT molecular complexity index is 1430. The summed E-state index contributed by atoms with van der Waals surface area (Å²) in [6.07, 6.45) is 4.02. The number of aromatic nitrogens is 4. The van der Waals surface area contributed by atoms with Crippen LogP contribution in [0.25, 0.3) is 11.1 Å². The van der Waals surface area contributed by atoms with Gasteiger partial charge in [0.1, 0.15) is 23.1 Å². The van der Waals surface area contributed by atoms with Crippen molar-refractivity contribution in [1.29, 1.82) is 0 Å². The maximum atomic E-state index is 14.8. The van der Waals surface area contributed by atoms with Gasteiger partial charge < -0.3 is 15.7 Å². The van der Waals surface area contributed by atoms with E-state index in [1.54, 1.807) is 19.1 Å². The van der Waals surface area contributed by atoms with Gasteiger partial charge in [-0.15, -0.1) is 0 Å². The van der Waals surface area contributed by atoms with E-state index < -0.39 is 23.8 Å². The van der Waals surface area contributed by atoms with Gasteiger partial charge in [0, 0.05) is 35.3 Å². The molecule has 184 valence electrons. The minimum Gasteiger partial charge on any atom is -0.373 e. The van der Waals surface area contributed by atoms with E-state index in [0.29, 0.717) is 41.9 Å². The Labute approximate surface area is 204 Å². The summed E-state index contributed by atoms with van der Waals surface area (Å²) in [5.41, 5.74) is 2.26. The van der Waals surface area contributed by atoms with Crippen LogP contribution in [0.5, 0.6) is 0 Å². The first-order valence-electron chi connectivity index (χ1n) is 11.3. The molecule has 6 rings (SSSR count). The van der Waals surface area contributed by atoms with Crippen molar-refractivity contribution in [3.05, 3.63) is 83.3 Å². The van der Waals surface area contributed by atoms with Crippen LogP contribution in [-0.2, 0) is 6.42 Å².